The average Bonchev–Trinajstić information content (AvgIpc) is 1.87. The zero-order chi connectivity index (χ0) is 8.15. The first kappa shape index (κ1) is 9.30. The van der Waals surface area contributed by atoms with Gasteiger partial charge in [0.2, 0.25) is 0 Å². The lowest BCUT2D eigenvalue weighted by Gasteiger charge is -1.95. The van der Waals surface area contributed by atoms with Gasteiger partial charge in [-0.2, -0.15) is 0 Å². The molecule has 0 aliphatic heterocycles. The molecule has 0 aliphatic rings. The van der Waals surface area contributed by atoms with Crippen LogP contribution in [0.1, 0.15) is 6.92 Å². The standard InChI is InChI=1S/C7H11BrN2/c1-3-6(8)4-7(10)5(2)9/h3-4H,1,9-10H2,2H3. The van der Waals surface area contributed by atoms with Crippen molar-refractivity contribution in [2.75, 3.05) is 0 Å². The Morgan fingerprint density at radius 2 is 2.00 bits per heavy atom. The summed E-state index contributed by atoms with van der Waals surface area (Å²) in [6, 6.07) is 0. The van der Waals surface area contributed by atoms with Crippen LogP contribution in [0.5, 0.6) is 0 Å². The van der Waals surface area contributed by atoms with Gasteiger partial charge >= 0.3 is 0 Å². The topological polar surface area (TPSA) is 52.0 Å². The van der Waals surface area contributed by atoms with Gasteiger partial charge in [0.25, 0.3) is 0 Å². The van der Waals surface area contributed by atoms with Crippen LogP contribution in [-0.4, -0.2) is 0 Å². The van der Waals surface area contributed by atoms with Gasteiger partial charge in [0.15, 0.2) is 0 Å². The molecular weight excluding hydrogens is 192 g/mol. The molecule has 4 N–H and O–H groups in total. The van der Waals surface area contributed by atoms with Crippen LogP contribution in [0.3, 0.4) is 0 Å². The zero-order valence-electron chi connectivity index (χ0n) is 5.89. The van der Waals surface area contributed by atoms with Crippen LogP contribution in [0.15, 0.2) is 34.6 Å². The molecule has 0 rings (SSSR count). The highest BCUT2D eigenvalue weighted by Gasteiger charge is 1.88. The fourth-order valence-electron chi connectivity index (χ4n) is 0.321. The van der Waals surface area contributed by atoms with E-state index < -0.39 is 0 Å². The van der Waals surface area contributed by atoms with Crippen molar-refractivity contribution in [3.63, 3.8) is 0 Å². The van der Waals surface area contributed by atoms with Gasteiger partial charge in [-0.1, -0.05) is 28.6 Å². The van der Waals surface area contributed by atoms with Crippen LogP contribution in [0.25, 0.3) is 0 Å². The Bertz CT molecular complexity index is 188. The molecule has 0 aliphatic carbocycles. The fourth-order valence-corrected chi connectivity index (χ4v) is 0.568. The molecule has 56 valence electrons. The van der Waals surface area contributed by atoms with Crippen LogP contribution in [0.4, 0.5) is 0 Å². The first-order valence-electron chi connectivity index (χ1n) is 2.79. The molecule has 0 aromatic carbocycles. The Morgan fingerprint density at radius 3 is 2.30 bits per heavy atom. The molecule has 0 aromatic rings. The predicted molar refractivity (Wildman–Crippen MR) is 48.3 cm³/mol. The number of rotatable bonds is 2. The minimum Gasteiger partial charge on any atom is -0.401 e. The van der Waals surface area contributed by atoms with Crippen LogP contribution >= 0.6 is 15.9 Å². The van der Waals surface area contributed by atoms with E-state index in [0.717, 1.165) is 4.48 Å². The summed E-state index contributed by atoms with van der Waals surface area (Å²) in [5.41, 5.74) is 12.1. The number of halogens is 1. The second-order valence-corrected chi connectivity index (χ2v) is 2.79. The van der Waals surface area contributed by atoms with Gasteiger partial charge in [-0.3, -0.25) is 0 Å². The quantitative estimate of drug-likeness (QED) is 0.669. The van der Waals surface area contributed by atoms with Crippen LogP contribution in [0, 0.1) is 0 Å². The lowest BCUT2D eigenvalue weighted by Crippen LogP contribution is -2.04. The van der Waals surface area contributed by atoms with E-state index in [4.69, 9.17) is 11.5 Å². The van der Waals surface area contributed by atoms with E-state index in [9.17, 15) is 0 Å². The van der Waals surface area contributed by atoms with Crippen molar-refractivity contribution in [1.82, 2.24) is 0 Å². The molecule has 0 atom stereocenters. The lowest BCUT2D eigenvalue weighted by atomic mass is 10.3. The summed E-state index contributed by atoms with van der Waals surface area (Å²) < 4.78 is 0.829. The highest BCUT2D eigenvalue weighted by atomic mass is 79.9. The summed E-state index contributed by atoms with van der Waals surface area (Å²) in [4.78, 5) is 0. The van der Waals surface area contributed by atoms with Gasteiger partial charge in [-0.05, 0) is 13.0 Å². The zero-order valence-corrected chi connectivity index (χ0v) is 7.48. The second kappa shape index (κ2) is 4.17. The van der Waals surface area contributed by atoms with Crippen molar-refractivity contribution in [2.24, 2.45) is 11.5 Å². The van der Waals surface area contributed by atoms with Crippen LogP contribution < -0.4 is 11.5 Å². The van der Waals surface area contributed by atoms with Gasteiger partial charge in [0.05, 0.1) is 5.70 Å². The van der Waals surface area contributed by atoms with Crippen molar-refractivity contribution in [2.45, 2.75) is 6.92 Å². The maximum absolute atomic E-state index is 5.49. The first-order chi connectivity index (χ1) is 4.57. The summed E-state index contributed by atoms with van der Waals surface area (Å²) in [5, 5.41) is 0. The average molecular weight is 203 g/mol. The third-order valence-electron chi connectivity index (χ3n) is 0.944. The SMILES string of the molecule is C=CC(Br)=CC(N)=C(C)N. The number of hydrogen-bond acceptors (Lipinski definition) is 2. The molecule has 10 heavy (non-hydrogen) atoms. The second-order valence-electron chi connectivity index (χ2n) is 1.87. The van der Waals surface area contributed by atoms with Crippen molar-refractivity contribution in [3.8, 4) is 0 Å². The van der Waals surface area contributed by atoms with Gasteiger partial charge in [0.1, 0.15) is 0 Å². The van der Waals surface area contributed by atoms with E-state index in [1.165, 1.54) is 0 Å². The smallest absolute Gasteiger partial charge is 0.0513 e. The van der Waals surface area contributed by atoms with E-state index in [1.54, 1.807) is 19.1 Å². The molecule has 0 saturated heterocycles. The molecule has 0 spiro atoms. The first-order valence-corrected chi connectivity index (χ1v) is 3.58. The summed E-state index contributed by atoms with van der Waals surface area (Å²) in [5.74, 6) is 0. The Balaban J connectivity index is 4.42. The molecular formula is C7H11BrN2. The lowest BCUT2D eigenvalue weighted by molar-refractivity contribution is 1.21. The van der Waals surface area contributed by atoms with Crippen molar-refractivity contribution in [1.29, 1.82) is 0 Å². The molecule has 0 fully saturated rings. The largest absolute Gasteiger partial charge is 0.401 e. The number of nitrogens with two attached hydrogens (primary N) is 2. The third-order valence-corrected chi connectivity index (χ3v) is 1.50. The van der Waals surface area contributed by atoms with Crippen molar-refractivity contribution >= 4 is 15.9 Å². The molecule has 2 nitrogen and oxygen atoms in total. The fraction of sp³-hybridized carbons (Fsp3) is 0.143. The third kappa shape index (κ3) is 3.35. The highest BCUT2D eigenvalue weighted by molar-refractivity contribution is 9.11. The predicted octanol–water partition coefficient (Wildman–Crippen LogP) is 1.60. The summed E-state index contributed by atoms with van der Waals surface area (Å²) >= 11 is 3.22. The molecule has 0 saturated carbocycles. The Kier molecular flexibility index (Phi) is 3.88. The number of hydrogen-bond donors (Lipinski definition) is 2. The van der Waals surface area contributed by atoms with Crippen LogP contribution in [0.2, 0.25) is 0 Å². The Labute approximate surface area is 69.4 Å². The molecule has 3 heteroatoms. The maximum atomic E-state index is 5.49. The van der Waals surface area contributed by atoms with Gasteiger partial charge in [0, 0.05) is 10.2 Å². The minimum absolute atomic E-state index is 0.562. The Hall–Kier alpha value is -0.700. The summed E-state index contributed by atoms with van der Waals surface area (Å²) in [6.07, 6.45) is 3.36. The van der Waals surface area contributed by atoms with Crippen molar-refractivity contribution < 1.29 is 0 Å². The van der Waals surface area contributed by atoms with Gasteiger partial charge in [-0.25, -0.2) is 0 Å². The molecule has 0 bridgehead atoms. The van der Waals surface area contributed by atoms with Crippen LogP contribution in [-0.2, 0) is 0 Å². The van der Waals surface area contributed by atoms with E-state index in [1.807, 2.05) is 0 Å². The monoisotopic (exact) mass is 202 g/mol. The summed E-state index contributed by atoms with van der Waals surface area (Å²) in [6.45, 7) is 5.28. The molecule has 0 unspecified atom stereocenters. The van der Waals surface area contributed by atoms with Gasteiger partial charge in [-0.15, -0.1) is 0 Å². The van der Waals surface area contributed by atoms with E-state index in [2.05, 4.69) is 22.5 Å². The molecule has 0 aromatic heterocycles. The minimum atomic E-state index is 0.562. The molecule has 0 heterocycles. The van der Waals surface area contributed by atoms with E-state index >= 15 is 0 Å². The van der Waals surface area contributed by atoms with Crippen molar-refractivity contribution in [3.05, 3.63) is 34.6 Å². The molecule has 0 radical (unpaired) electrons. The highest BCUT2D eigenvalue weighted by Crippen LogP contribution is 2.07. The number of allylic oxidation sites excluding steroid dienone is 4. The maximum Gasteiger partial charge on any atom is 0.0513 e. The normalized spacial score (nSPS) is 14.4. The summed E-state index contributed by atoms with van der Waals surface area (Å²) in [7, 11) is 0. The Morgan fingerprint density at radius 1 is 1.50 bits per heavy atom. The van der Waals surface area contributed by atoms with E-state index in [0.29, 0.717) is 11.4 Å². The molecule has 0 amide bonds. The van der Waals surface area contributed by atoms with Gasteiger partial charge < -0.3 is 11.5 Å². The van der Waals surface area contributed by atoms with E-state index in [-0.39, 0.29) is 0 Å².